The number of anilines is 1. The fraction of sp³-hybridized carbons (Fsp3) is 0.375. The Kier molecular flexibility index (Phi) is 7.63. The average Bonchev–Trinajstić information content (AvgIpc) is 2.85. The maximum atomic E-state index is 10.9. The van der Waals surface area contributed by atoms with E-state index in [-0.39, 0.29) is 18.3 Å². The van der Waals surface area contributed by atoms with Crippen LogP contribution in [0.1, 0.15) is 12.5 Å². The summed E-state index contributed by atoms with van der Waals surface area (Å²) < 4.78 is 4.20. The molecule has 0 saturated carbocycles. The molecule has 0 saturated heterocycles. The summed E-state index contributed by atoms with van der Waals surface area (Å²) in [5.41, 5.74) is 2.11. The van der Waals surface area contributed by atoms with E-state index in [4.69, 9.17) is 0 Å². The number of aryl methyl sites for hydroxylation is 1. The van der Waals surface area contributed by atoms with Crippen LogP contribution in [-0.4, -0.2) is 23.6 Å². The molecular weight excluding hydrogens is 300 g/mol. The van der Waals surface area contributed by atoms with Crippen molar-refractivity contribution in [3.63, 3.8) is 0 Å². The second-order valence-electron chi connectivity index (χ2n) is 5.20. The number of carbonyl (C=O) groups excluding carboxylic acids is 1. The minimum Gasteiger partial charge on any atom is -1.00 e. The van der Waals surface area contributed by atoms with Crippen LogP contribution in [0.25, 0.3) is 0 Å². The van der Waals surface area contributed by atoms with E-state index in [1.807, 2.05) is 29.9 Å². The molecular formula is C16H23ClN4O. The van der Waals surface area contributed by atoms with Crippen molar-refractivity contribution in [2.45, 2.75) is 19.9 Å². The van der Waals surface area contributed by atoms with E-state index in [0.29, 0.717) is 0 Å². The van der Waals surface area contributed by atoms with Gasteiger partial charge in [0, 0.05) is 19.2 Å². The fourth-order valence-electron chi connectivity index (χ4n) is 2.16. The molecule has 2 N–H and O–H groups in total. The number of halogens is 1. The van der Waals surface area contributed by atoms with Crippen molar-refractivity contribution < 1.29 is 21.8 Å². The summed E-state index contributed by atoms with van der Waals surface area (Å²) in [4.78, 5) is 10.9. The zero-order valence-electron chi connectivity index (χ0n) is 13.1. The Hall–Kier alpha value is -1.85. The summed E-state index contributed by atoms with van der Waals surface area (Å²) in [5.74, 6) is -0.0390. The first kappa shape index (κ1) is 18.2. The highest BCUT2D eigenvalue weighted by molar-refractivity contribution is 5.88. The lowest BCUT2D eigenvalue weighted by Gasteiger charge is -2.06. The van der Waals surface area contributed by atoms with Crippen molar-refractivity contribution in [2.75, 3.05) is 18.4 Å². The minimum absolute atomic E-state index is 0. The Balaban J connectivity index is 0.00000242. The van der Waals surface area contributed by atoms with Crippen molar-refractivity contribution in [3.05, 3.63) is 48.5 Å². The molecule has 1 aromatic heterocycles. The van der Waals surface area contributed by atoms with Gasteiger partial charge in [0.05, 0.1) is 7.05 Å². The molecule has 0 aliphatic rings. The number of nitrogens with one attached hydrogen (secondary N) is 2. The number of hydrogen-bond acceptors (Lipinski definition) is 2. The van der Waals surface area contributed by atoms with Crippen LogP contribution in [0.3, 0.4) is 0 Å². The molecule has 0 aliphatic heterocycles. The number of carbonyl (C=O) groups is 1. The standard InChI is InChI=1S/C16H22N4O.ClH/c1-14(21)18-16-5-3-15(4-6-16)7-8-17-9-10-20-12-11-19(2)13-20;/h3-6,11-13,17H,7-10H2,1-2H3;1H. The fourth-order valence-corrected chi connectivity index (χ4v) is 2.16. The summed E-state index contributed by atoms with van der Waals surface area (Å²) in [6, 6.07) is 7.99. The molecule has 2 aromatic rings. The van der Waals surface area contributed by atoms with Crippen LogP contribution in [-0.2, 0) is 24.8 Å². The lowest BCUT2D eigenvalue weighted by atomic mass is 10.1. The highest BCUT2D eigenvalue weighted by Gasteiger charge is 1.99. The highest BCUT2D eigenvalue weighted by atomic mass is 35.5. The second-order valence-corrected chi connectivity index (χ2v) is 5.20. The number of nitrogens with zero attached hydrogens (tertiary/aromatic N) is 2. The van der Waals surface area contributed by atoms with Crippen LogP contribution in [0.5, 0.6) is 0 Å². The van der Waals surface area contributed by atoms with E-state index < -0.39 is 0 Å². The molecule has 22 heavy (non-hydrogen) atoms. The Labute approximate surface area is 137 Å². The molecule has 0 fully saturated rings. The van der Waals surface area contributed by atoms with Gasteiger partial charge in [0.25, 0.3) is 0 Å². The van der Waals surface area contributed by atoms with Crippen LogP contribution in [0.15, 0.2) is 43.0 Å². The summed E-state index contributed by atoms with van der Waals surface area (Å²) >= 11 is 0. The second kappa shape index (κ2) is 9.23. The Morgan fingerprint density at radius 2 is 1.95 bits per heavy atom. The summed E-state index contributed by atoms with van der Waals surface area (Å²) in [6.45, 7) is 4.40. The highest BCUT2D eigenvalue weighted by Crippen LogP contribution is 2.09. The smallest absolute Gasteiger partial charge is 0.243 e. The number of aromatic nitrogens is 2. The minimum atomic E-state index is -0.0390. The largest absolute Gasteiger partial charge is 1.00 e. The van der Waals surface area contributed by atoms with Gasteiger partial charge < -0.3 is 23.0 Å². The van der Waals surface area contributed by atoms with E-state index in [0.717, 1.165) is 31.7 Å². The third-order valence-corrected chi connectivity index (χ3v) is 3.24. The number of imidazole rings is 1. The van der Waals surface area contributed by atoms with Gasteiger partial charge in [-0.1, -0.05) is 12.1 Å². The van der Waals surface area contributed by atoms with Gasteiger partial charge in [0.1, 0.15) is 18.9 Å². The van der Waals surface area contributed by atoms with Crippen LogP contribution < -0.4 is 27.6 Å². The maximum absolute atomic E-state index is 10.9. The van der Waals surface area contributed by atoms with Crippen molar-refractivity contribution in [2.24, 2.45) is 7.05 Å². The lowest BCUT2D eigenvalue weighted by molar-refractivity contribution is -0.671. The Bertz CT molecular complexity index is 580. The number of amides is 1. The molecule has 0 radical (unpaired) electrons. The van der Waals surface area contributed by atoms with Crippen molar-refractivity contribution in [3.8, 4) is 0 Å². The monoisotopic (exact) mass is 322 g/mol. The normalized spacial score (nSPS) is 10.1. The van der Waals surface area contributed by atoms with E-state index in [2.05, 4.69) is 39.9 Å². The van der Waals surface area contributed by atoms with Crippen molar-refractivity contribution in [1.29, 1.82) is 0 Å². The zero-order valence-corrected chi connectivity index (χ0v) is 13.8. The maximum Gasteiger partial charge on any atom is 0.243 e. The average molecular weight is 323 g/mol. The third-order valence-electron chi connectivity index (χ3n) is 3.24. The topological polar surface area (TPSA) is 49.9 Å². The molecule has 0 atom stereocenters. The quantitative estimate of drug-likeness (QED) is 0.462. The summed E-state index contributed by atoms with van der Waals surface area (Å²) in [6.07, 6.45) is 7.17. The molecule has 5 nitrogen and oxygen atoms in total. The molecule has 6 heteroatoms. The van der Waals surface area contributed by atoms with Gasteiger partial charge in [-0.2, -0.15) is 0 Å². The summed E-state index contributed by atoms with van der Waals surface area (Å²) in [5, 5.41) is 6.21. The van der Waals surface area contributed by atoms with E-state index in [1.54, 1.807) is 0 Å². The van der Waals surface area contributed by atoms with E-state index in [1.165, 1.54) is 12.5 Å². The molecule has 0 bridgehead atoms. The van der Waals surface area contributed by atoms with Gasteiger partial charge >= 0.3 is 0 Å². The van der Waals surface area contributed by atoms with Gasteiger partial charge in [-0.25, -0.2) is 9.13 Å². The predicted octanol–water partition coefficient (Wildman–Crippen LogP) is -1.89. The molecule has 0 aliphatic carbocycles. The van der Waals surface area contributed by atoms with E-state index in [9.17, 15) is 4.79 Å². The lowest BCUT2D eigenvalue weighted by Crippen LogP contribution is -3.00. The zero-order chi connectivity index (χ0) is 15.1. The molecule has 0 unspecified atom stereocenters. The van der Waals surface area contributed by atoms with E-state index >= 15 is 0 Å². The first-order valence-electron chi connectivity index (χ1n) is 7.22. The molecule has 1 aromatic carbocycles. The Morgan fingerprint density at radius 3 is 2.55 bits per heavy atom. The van der Waals surface area contributed by atoms with Crippen LogP contribution in [0.2, 0.25) is 0 Å². The molecule has 1 heterocycles. The molecule has 2 rings (SSSR count). The number of hydrogen-bond donors (Lipinski definition) is 2. The number of benzene rings is 1. The summed E-state index contributed by atoms with van der Waals surface area (Å²) in [7, 11) is 2.02. The third kappa shape index (κ3) is 6.28. The molecule has 120 valence electrons. The first-order valence-corrected chi connectivity index (χ1v) is 7.22. The van der Waals surface area contributed by atoms with Crippen LogP contribution in [0, 0.1) is 0 Å². The van der Waals surface area contributed by atoms with Crippen LogP contribution in [0.4, 0.5) is 5.69 Å². The molecule has 0 spiro atoms. The van der Waals surface area contributed by atoms with Gasteiger partial charge in [-0.05, 0) is 30.7 Å². The SMILES string of the molecule is CC(=O)Nc1ccc(CCNCCn2cc[n+](C)c2)cc1.[Cl-]. The predicted molar refractivity (Wildman–Crippen MR) is 82.9 cm³/mol. The van der Waals surface area contributed by atoms with Gasteiger partial charge in [0.15, 0.2) is 0 Å². The molecule has 1 amide bonds. The van der Waals surface area contributed by atoms with Gasteiger partial charge in [-0.15, -0.1) is 0 Å². The first-order chi connectivity index (χ1) is 10.1. The van der Waals surface area contributed by atoms with Crippen molar-refractivity contribution >= 4 is 11.6 Å². The number of rotatable bonds is 7. The Morgan fingerprint density at radius 1 is 1.23 bits per heavy atom. The van der Waals surface area contributed by atoms with Gasteiger partial charge in [0.2, 0.25) is 12.2 Å². The van der Waals surface area contributed by atoms with Gasteiger partial charge in [-0.3, -0.25) is 4.79 Å². The van der Waals surface area contributed by atoms with Crippen molar-refractivity contribution in [1.82, 2.24) is 9.88 Å². The van der Waals surface area contributed by atoms with Crippen LogP contribution >= 0.6 is 0 Å².